The van der Waals surface area contributed by atoms with Crippen molar-refractivity contribution in [3.8, 4) is 0 Å². The third-order valence-corrected chi connectivity index (χ3v) is 3.57. The number of anilines is 2. The quantitative estimate of drug-likeness (QED) is 0.843. The van der Waals surface area contributed by atoms with E-state index in [0.29, 0.717) is 27.8 Å². The number of hydrogen-bond donors (Lipinski definition) is 1. The van der Waals surface area contributed by atoms with Crippen molar-refractivity contribution in [2.75, 3.05) is 17.2 Å². The van der Waals surface area contributed by atoms with Gasteiger partial charge >= 0.3 is 0 Å². The second-order valence-corrected chi connectivity index (χ2v) is 5.32. The fraction of sp³-hybridized carbons (Fsp3) is 0.545. The Hall–Kier alpha value is -0.670. The van der Waals surface area contributed by atoms with Crippen molar-refractivity contribution in [1.29, 1.82) is 0 Å². The first-order chi connectivity index (χ1) is 7.49. The predicted octanol–water partition coefficient (Wildman–Crippen LogP) is 3.21. The highest BCUT2D eigenvalue weighted by atomic mass is 35.5. The molecule has 0 radical (unpaired) electrons. The van der Waals surface area contributed by atoms with Crippen molar-refractivity contribution < 1.29 is 0 Å². The summed E-state index contributed by atoms with van der Waals surface area (Å²) in [6.07, 6.45) is 1.15. The molecule has 2 unspecified atom stereocenters. The molecular formula is C11H15Cl2N3. The summed E-state index contributed by atoms with van der Waals surface area (Å²) in [4.78, 5) is 6.47. The highest BCUT2D eigenvalue weighted by Crippen LogP contribution is 2.35. The monoisotopic (exact) mass is 259 g/mol. The molecular weight excluding hydrogens is 245 g/mol. The zero-order chi connectivity index (χ0) is 11.9. The van der Waals surface area contributed by atoms with E-state index >= 15 is 0 Å². The average molecular weight is 260 g/mol. The van der Waals surface area contributed by atoms with Crippen LogP contribution in [0.1, 0.15) is 20.3 Å². The highest BCUT2D eigenvalue weighted by molar-refractivity contribution is 6.37. The summed E-state index contributed by atoms with van der Waals surface area (Å²) in [7, 11) is 0. The van der Waals surface area contributed by atoms with Crippen LogP contribution < -0.4 is 10.6 Å². The summed E-state index contributed by atoms with van der Waals surface area (Å²) in [5, 5.41) is 0.980. The molecule has 0 aromatic carbocycles. The Morgan fingerprint density at radius 1 is 1.38 bits per heavy atom. The largest absolute Gasteiger partial charge is 0.382 e. The standard InChI is InChI=1S/C11H15Cl2N3/c1-6-3-7(2)16(5-6)11-9(13)4-8(12)10(14)15-11/h4,6-7H,3,5H2,1-2H3,(H2,14,15). The molecule has 2 heterocycles. The SMILES string of the molecule is CC1CC(C)N(c2nc(N)c(Cl)cc2Cl)C1. The van der Waals surface area contributed by atoms with Gasteiger partial charge in [-0.3, -0.25) is 0 Å². The zero-order valence-electron chi connectivity index (χ0n) is 9.37. The molecule has 16 heavy (non-hydrogen) atoms. The van der Waals surface area contributed by atoms with E-state index in [1.54, 1.807) is 6.07 Å². The van der Waals surface area contributed by atoms with Gasteiger partial charge in [0, 0.05) is 12.6 Å². The van der Waals surface area contributed by atoms with Gasteiger partial charge in [-0.05, 0) is 25.3 Å². The molecule has 0 aliphatic carbocycles. The molecule has 1 saturated heterocycles. The van der Waals surface area contributed by atoms with Gasteiger partial charge in [0.05, 0.1) is 10.0 Å². The maximum Gasteiger partial charge on any atom is 0.150 e. The van der Waals surface area contributed by atoms with Crippen molar-refractivity contribution in [1.82, 2.24) is 4.98 Å². The van der Waals surface area contributed by atoms with E-state index in [4.69, 9.17) is 28.9 Å². The Morgan fingerprint density at radius 2 is 2.06 bits per heavy atom. The third-order valence-electron chi connectivity index (χ3n) is 2.99. The summed E-state index contributed by atoms with van der Waals surface area (Å²) in [5.74, 6) is 1.75. The van der Waals surface area contributed by atoms with Crippen molar-refractivity contribution in [3.05, 3.63) is 16.1 Å². The molecule has 0 spiro atoms. The van der Waals surface area contributed by atoms with E-state index < -0.39 is 0 Å². The van der Waals surface area contributed by atoms with Crippen LogP contribution in [-0.4, -0.2) is 17.6 Å². The number of aromatic nitrogens is 1. The van der Waals surface area contributed by atoms with Gasteiger partial charge in [0.25, 0.3) is 0 Å². The van der Waals surface area contributed by atoms with Gasteiger partial charge in [-0.1, -0.05) is 30.1 Å². The van der Waals surface area contributed by atoms with Gasteiger partial charge in [0.1, 0.15) is 11.6 Å². The zero-order valence-corrected chi connectivity index (χ0v) is 10.9. The Kier molecular flexibility index (Phi) is 3.17. The molecule has 1 aromatic heterocycles. The van der Waals surface area contributed by atoms with Gasteiger partial charge in [-0.25, -0.2) is 4.98 Å². The summed E-state index contributed by atoms with van der Waals surface area (Å²) >= 11 is 12.0. The summed E-state index contributed by atoms with van der Waals surface area (Å²) in [6.45, 7) is 5.37. The lowest BCUT2D eigenvalue weighted by Gasteiger charge is -2.24. The number of nitrogens with zero attached hydrogens (tertiary/aromatic N) is 2. The summed E-state index contributed by atoms with van der Waals surface area (Å²) < 4.78 is 0. The first kappa shape index (κ1) is 11.8. The number of pyridine rings is 1. The van der Waals surface area contributed by atoms with E-state index in [-0.39, 0.29) is 0 Å². The molecule has 88 valence electrons. The fourth-order valence-electron chi connectivity index (χ4n) is 2.27. The third kappa shape index (κ3) is 2.06. The average Bonchev–Trinajstić information content (AvgIpc) is 2.51. The highest BCUT2D eigenvalue weighted by Gasteiger charge is 2.28. The first-order valence-corrected chi connectivity index (χ1v) is 6.12. The van der Waals surface area contributed by atoms with Crippen LogP contribution >= 0.6 is 23.2 Å². The van der Waals surface area contributed by atoms with Crippen LogP contribution in [0.25, 0.3) is 0 Å². The number of hydrogen-bond acceptors (Lipinski definition) is 3. The maximum atomic E-state index is 6.15. The lowest BCUT2D eigenvalue weighted by Crippen LogP contribution is -2.28. The molecule has 2 rings (SSSR count). The molecule has 0 bridgehead atoms. The molecule has 1 aliphatic rings. The second kappa shape index (κ2) is 4.30. The van der Waals surface area contributed by atoms with Crippen LogP contribution in [0.15, 0.2) is 6.07 Å². The number of halogens is 2. The van der Waals surface area contributed by atoms with E-state index in [0.717, 1.165) is 18.8 Å². The van der Waals surface area contributed by atoms with Crippen LogP contribution in [0.2, 0.25) is 10.0 Å². The predicted molar refractivity (Wildman–Crippen MR) is 69.3 cm³/mol. The van der Waals surface area contributed by atoms with Gasteiger partial charge < -0.3 is 10.6 Å². The fourth-order valence-corrected chi connectivity index (χ4v) is 2.73. The minimum atomic E-state index is 0.341. The Morgan fingerprint density at radius 3 is 2.62 bits per heavy atom. The van der Waals surface area contributed by atoms with E-state index in [1.807, 2.05) is 0 Å². The lowest BCUT2D eigenvalue weighted by molar-refractivity contribution is 0.625. The molecule has 0 saturated carbocycles. The Bertz CT molecular complexity index is 408. The molecule has 2 atom stereocenters. The maximum absolute atomic E-state index is 6.15. The van der Waals surface area contributed by atoms with Crippen molar-refractivity contribution in [3.63, 3.8) is 0 Å². The molecule has 2 N–H and O–H groups in total. The molecule has 3 nitrogen and oxygen atoms in total. The number of nitrogens with two attached hydrogens (primary N) is 1. The van der Waals surface area contributed by atoms with Crippen LogP contribution in [0, 0.1) is 5.92 Å². The molecule has 1 aromatic rings. The molecule has 5 heteroatoms. The van der Waals surface area contributed by atoms with Crippen molar-refractivity contribution >= 4 is 34.8 Å². The molecule has 1 aliphatic heterocycles. The van der Waals surface area contributed by atoms with E-state index in [1.165, 1.54) is 0 Å². The Labute approximate surface area is 106 Å². The normalized spacial score (nSPS) is 25.1. The van der Waals surface area contributed by atoms with Gasteiger partial charge in [-0.2, -0.15) is 0 Å². The minimum absolute atomic E-state index is 0.341. The molecule has 1 fully saturated rings. The van der Waals surface area contributed by atoms with Crippen molar-refractivity contribution in [2.24, 2.45) is 5.92 Å². The van der Waals surface area contributed by atoms with E-state index in [2.05, 4.69) is 23.7 Å². The van der Waals surface area contributed by atoms with Gasteiger partial charge in [0.2, 0.25) is 0 Å². The summed E-state index contributed by atoms with van der Waals surface area (Å²) in [6, 6.07) is 2.11. The first-order valence-electron chi connectivity index (χ1n) is 5.37. The second-order valence-electron chi connectivity index (χ2n) is 4.50. The van der Waals surface area contributed by atoms with Crippen LogP contribution in [-0.2, 0) is 0 Å². The minimum Gasteiger partial charge on any atom is -0.382 e. The van der Waals surface area contributed by atoms with Crippen LogP contribution in [0.5, 0.6) is 0 Å². The van der Waals surface area contributed by atoms with Crippen LogP contribution in [0.3, 0.4) is 0 Å². The number of nitrogen functional groups attached to an aromatic ring is 1. The smallest absolute Gasteiger partial charge is 0.150 e. The topological polar surface area (TPSA) is 42.2 Å². The van der Waals surface area contributed by atoms with Crippen molar-refractivity contribution in [2.45, 2.75) is 26.3 Å². The lowest BCUT2D eigenvalue weighted by atomic mass is 10.1. The Balaban J connectivity index is 2.37. The van der Waals surface area contributed by atoms with Crippen LogP contribution in [0.4, 0.5) is 11.6 Å². The number of rotatable bonds is 1. The molecule has 0 amide bonds. The van der Waals surface area contributed by atoms with E-state index in [9.17, 15) is 0 Å². The summed E-state index contributed by atoms with van der Waals surface area (Å²) in [5.41, 5.74) is 5.71. The van der Waals surface area contributed by atoms with Gasteiger partial charge in [-0.15, -0.1) is 0 Å². The van der Waals surface area contributed by atoms with Gasteiger partial charge in [0.15, 0.2) is 0 Å².